The summed E-state index contributed by atoms with van der Waals surface area (Å²) in [6.07, 6.45) is -2.87. The van der Waals surface area contributed by atoms with E-state index in [4.69, 9.17) is 4.42 Å². The van der Waals surface area contributed by atoms with Crippen molar-refractivity contribution < 1.29 is 22.3 Å². The molecular weight excluding hydrogens is 221 g/mol. The third-order valence-corrected chi connectivity index (χ3v) is 2.08. The van der Waals surface area contributed by atoms with E-state index in [1.54, 1.807) is 24.3 Å². The Morgan fingerprint density at radius 3 is 2.69 bits per heavy atom. The summed E-state index contributed by atoms with van der Waals surface area (Å²) in [6, 6.07) is 7.13. The van der Waals surface area contributed by atoms with Crippen LogP contribution in [0.15, 0.2) is 34.9 Å². The zero-order chi connectivity index (χ0) is 11.6. The first kappa shape index (κ1) is 11.0. The van der Waals surface area contributed by atoms with Crippen LogP contribution in [0.2, 0.25) is 0 Å². The van der Waals surface area contributed by atoms with Crippen LogP contribution in [0.4, 0.5) is 13.2 Å². The average Bonchev–Trinajstić information content (AvgIpc) is 2.60. The normalized spacial score (nSPS) is 12.2. The van der Waals surface area contributed by atoms with Crippen molar-refractivity contribution in [3.05, 3.63) is 36.1 Å². The maximum Gasteiger partial charge on any atom is 0.411 e. The highest BCUT2D eigenvalue weighted by Crippen LogP contribution is 2.22. The van der Waals surface area contributed by atoms with E-state index in [-0.39, 0.29) is 6.61 Å². The van der Waals surface area contributed by atoms with Gasteiger partial charge in [0.2, 0.25) is 0 Å². The molecule has 0 radical (unpaired) electrons. The van der Waals surface area contributed by atoms with Gasteiger partial charge < -0.3 is 9.15 Å². The lowest BCUT2D eigenvalue weighted by atomic mass is 10.2. The summed E-state index contributed by atoms with van der Waals surface area (Å²) in [5, 5.41) is 0.782. The SMILES string of the molecule is FC(F)(F)COCc1coc2ccccc12. The zero-order valence-corrected chi connectivity index (χ0v) is 8.25. The number of halogens is 3. The molecule has 0 bridgehead atoms. The summed E-state index contributed by atoms with van der Waals surface area (Å²) < 4.78 is 45.3. The Bertz CT molecular complexity index is 473. The Kier molecular flexibility index (Phi) is 2.87. The van der Waals surface area contributed by atoms with Crippen molar-refractivity contribution >= 4 is 11.0 Å². The lowest BCUT2D eigenvalue weighted by molar-refractivity contribution is -0.176. The van der Waals surface area contributed by atoms with Crippen molar-refractivity contribution in [3.8, 4) is 0 Å². The van der Waals surface area contributed by atoms with E-state index >= 15 is 0 Å². The third-order valence-electron chi connectivity index (χ3n) is 2.08. The van der Waals surface area contributed by atoms with Crippen molar-refractivity contribution in [2.24, 2.45) is 0 Å². The van der Waals surface area contributed by atoms with Crippen LogP contribution in [0.3, 0.4) is 0 Å². The maximum absolute atomic E-state index is 11.8. The minimum absolute atomic E-state index is 0.101. The van der Waals surface area contributed by atoms with E-state index in [2.05, 4.69) is 4.74 Å². The molecule has 0 fully saturated rings. The molecule has 0 aliphatic carbocycles. The van der Waals surface area contributed by atoms with Gasteiger partial charge in [-0.05, 0) is 6.07 Å². The van der Waals surface area contributed by atoms with Crippen LogP contribution in [0.5, 0.6) is 0 Å². The molecule has 1 aromatic carbocycles. The topological polar surface area (TPSA) is 22.4 Å². The summed E-state index contributed by atoms with van der Waals surface area (Å²) in [4.78, 5) is 0. The number of hydrogen-bond acceptors (Lipinski definition) is 2. The van der Waals surface area contributed by atoms with Gasteiger partial charge in [-0.1, -0.05) is 18.2 Å². The van der Waals surface area contributed by atoms with Crippen LogP contribution < -0.4 is 0 Å². The number of ether oxygens (including phenoxy) is 1. The fourth-order valence-corrected chi connectivity index (χ4v) is 1.42. The van der Waals surface area contributed by atoms with Gasteiger partial charge in [0.15, 0.2) is 0 Å². The number of fused-ring (bicyclic) bond motifs is 1. The van der Waals surface area contributed by atoms with Gasteiger partial charge in [0.05, 0.1) is 12.9 Å². The van der Waals surface area contributed by atoms with Gasteiger partial charge in [-0.15, -0.1) is 0 Å². The molecular formula is C11H9F3O2. The quantitative estimate of drug-likeness (QED) is 0.805. The van der Waals surface area contributed by atoms with Gasteiger partial charge >= 0.3 is 6.18 Å². The summed E-state index contributed by atoms with van der Waals surface area (Å²) in [7, 11) is 0. The summed E-state index contributed by atoms with van der Waals surface area (Å²) >= 11 is 0. The van der Waals surface area contributed by atoms with Crippen LogP contribution >= 0.6 is 0 Å². The second kappa shape index (κ2) is 4.17. The highest BCUT2D eigenvalue weighted by molar-refractivity contribution is 5.80. The molecule has 0 saturated heterocycles. The molecule has 86 valence electrons. The smallest absolute Gasteiger partial charge is 0.411 e. The van der Waals surface area contributed by atoms with E-state index in [1.807, 2.05) is 0 Å². The molecule has 2 rings (SSSR count). The molecule has 0 aliphatic heterocycles. The van der Waals surface area contributed by atoms with Crippen molar-refractivity contribution in [2.75, 3.05) is 6.61 Å². The Morgan fingerprint density at radius 2 is 1.94 bits per heavy atom. The molecule has 0 saturated carbocycles. The fourth-order valence-electron chi connectivity index (χ4n) is 1.42. The number of para-hydroxylation sites is 1. The van der Waals surface area contributed by atoms with Crippen LogP contribution in [0.1, 0.15) is 5.56 Å². The first-order valence-corrected chi connectivity index (χ1v) is 4.66. The van der Waals surface area contributed by atoms with Gasteiger partial charge in [0.1, 0.15) is 12.2 Å². The predicted octanol–water partition coefficient (Wildman–Crippen LogP) is 3.51. The Balaban J connectivity index is 2.05. The van der Waals surface area contributed by atoms with Crippen molar-refractivity contribution in [1.29, 1.82) is 0 Å². The van der Waals surface area contributed by atoms with E-state index in [9.17, 15) is 13.2 Å². The largest absolute Gasteiger partial charge is 0.464 e. The summed E-state index contributed by atoms with van der Waals surface area (Å²) in [6.45, 7) is -1.34. The number of alkyl halides is 3. The van der Waals surface area contributed by atoms with Crippen LogP contribution in [0.25, 0.3) is 11.0 Å². The molecule has 16 heavy (non-hydrogen) atoms. The van der Waals surface area contributed by atoms with Crippen LogP contribution in [0, 0.1) is 0 Å². The Morgan fingerprint density at radius 1 is 1.19 bits per heavy atom. The minimum atomic E-state index is -4.29. The van der Waals surface area contributed by atoms with Crippen molar-refractivity contribution in [3.63, 3.8) is 0 Å². The number of hydrogen-bond donors (Lipinski definition) is 0. The molecule has 1 aromatic heterocycles. The molecule has 0 unspecified atom stereocenters. The van der Waals surface area contributed by atoms with Crippen molar-refractivity contribution in [2.45, 2.75) is 12.8 Å². The Hall–Kier alpha value is -1.49. The first-order valence-electron chi connectivity index (χ1n) is 4.66. The molecule has 0 aliphatic rings. The fraction of sp³-hybridized carbons (Fsp3) is 0.273. The van der Waals surface area contributed by atoms with E-state index in [0.717, 1.165) is 5.39 Å². The van der Waals surface area contributed by atoms with Gasteiger partial charge in [0, 0.05) is 10.9 Å². The molecule has 5 heteroatoms. The highest BCUT2D eigenvalue weighted by atomic mass is 19.4. The lowest BCUT2D eigenvalue weighted by Gasteiger charge is -2.06. The molecule has 0 amide bonds. The van der Waals surface area contributed by atoms with Gasteiger partial charge in [-0.2, -0.15) is 13.2 Å². The second-order valence-electron chi connectivity index (χ2n) is 3.37. The standard InChI is InChI=1S/C11H9F3O2/c12-11(13,14)7-15-5-8-6-16-10-4-2-1-3-9(8)10/h1-4,6H,5,7H2. The molecule has 2 aromatic rings. The number of benzene rings is 1. The van der Waals surface area contributed by atoms with Crippen LogP contribution in [-0.2, 0) is 11.3 Å². The lowest BCUT2D eigenvalue weighted by Crippen LogP contribution is -2.16. The molecule has 0 atom stereocenters. The first-order chi connectivity index (χ1) is 7.56. The zero-order valence-electron chi connectivity index (χ0n) is 8.25. The monoisotopic (exact) mass is 230 g/mol. The molecule has 0 spiro atoms. The third kappa shape index (κ3) is 2.55. The van der Waals surface area contributed by atoms with E-state index in [0.29, 0.717) is 11.1 Å². The second-order valence-corrected chi connectivity index (χ2v) is 3.37. The van der Waals surface area contributed by atoms with Gasteiger partial charge in [0.25, 0.3) is 0 Å². The molecule has 2 nitrogen and oxygen atoms in total. The molecule has 1 heterocycles. The van der Waals surface area contributed by atoms with Crippen molar-refractivity contribution in [1.82, 2.24) is 0 Å². The van der Waals surface area contributed by atoms with E-state index < -0.39 is 12.8 Å². The number of rotatable bonds is 3. The minimum Gasteiger partial charge on any atom is -0.464 e. The van der Waals surface area contributed by atoms with Gasteiger partial charge in [-0.25, -0.2) is 0 Å². The average molecular weight is 230 g/mol. The van der Waals surface area contributed by atoms with Gasteiger partial charge in [-0.3, -0.25) is 0 Å². The summed E-state index contributed by atoms with van der Waals surface area (Å²) in [5.74, 6) is 0. The summed E-state index contributed by atoms with van der Waals surface area (Å²) in [5.41, 5.74) is 1.27. The molecule has 0 N–H and O–H groups in total. The van der Waals surface area contributed by atoms with E-state index in [1.165, 1.54) is 6.26 Å². The maximum atomic E-state index is 11.8. The Labute approximate surface area is 89.6 Å². The predicted molar refractivity (Wildman–Crippen MR) is 51.9 cm³/mol. The number of furan rings is 1. The highest BCUT2D eigenvalue weighted by Gasteiger charge is 2.27. The van der Waals surface area contributed by atoms with Crippen LogP contribution in [-0.4, -0.2) is 12.8 Å².